The minimum absolute atomic E-state index is 0.0614. The number of alkyl halides is 3. The molecule has 3 aromatic carbocycles. The largest absolute Gasteiger partial charge is 0.494 e. The van der Waals surface area contributed by atoms with Gasteiger partial charge in [-0.1, -0.05) is 102 Å². The predicted octanol–water partition coefficient (Wildman–Crippen LogP) is 11.6. The first-order valence-electron chi connectivity index (χ1n) is 19.6. The highest BCUT2D eigenvalue weighted by atomic mass is 19.4. The molecule has 296 valence electrons. The Bertz CT molecular complexity index is 1520. The second-order valence-corrected chi connectivity index (χ2v) is 14.7. The van der Waals surface area contributed by atoms with Crippen LogP contribution in [0.1, 0.15) is 124 Å². The van der Waals surface area contributed by atoms with Crippen LogP contribution in [0.4, 0.5) is 13.2 Å². The smallest absolute Gasteiger partial charge is 0.425 e. The molecule has 10 heteroatoms. The van der Waals surface area contributed by atoms with Crippen molar-refractivity contribution >= 4 is 11.9 Å². The molecule has 0 unspecified atom stereocenters. The molecule has 0 N–H and O–H groups in total. The highest BCUT2D eigenvalue weighted by Crippen LogP contribution is 2.29. The molecule has 1 heterocycles. The van der Waals surface area contributed by atoms with E-state index in [9.17, 15) is 22.8 Å². The van der Waals surface area contributed by atoms with Crippen LogP contribution in [-0.4, -0.2) is 57.3 Å². The van der Waals surface area contributed by atoms with E-state index in [1.807, 2.05) is 43.3 Å². The molecule has 7 nitrogen and oxygen atoms in total. The lowest BCUT2D eigenvalue weighted by molar-refractivity contribution is -0.206. The Balaban J connectivity index is 1.08. The zero-order valence-corrected chi connectivity index (χ0v) is 31.9. The molecule has 0 aromatic heterocycles. The summed E-state index contributed by atoms with van der Waals surface area (Å²) in [5, 5.41) is 0. The van der Waals surface area contributed by atoms with E-state index < -0.39 is 24.2 Å². The molecule has 0 saturated carbocycles. The molecule has 1 aliphatic rings. The molecule has 1 saturated heterocycles. The first kappa shape index (κ1) is 42.8. The summed E-state index contributed by atoms with van der Waals surface area (Å²) >= 11 is 0. The van der Waals surface area contributed by atoms with Crippen LogP contribution in [0, 0.1) is 5.41 Å². The Hall–Kier alpha value is -3.89. The van der Waals surface area contributed by atoms with Crippen LogP contribution in [-0.2, 0) is 14.2 Å². The lowest BCUT2D eigenvalue weighted by Crippen LogP contribution is -2.43. The van der Waals surface area contributed by atoms with Crippen LogP contribution in [0.5, 0.6) is 11.5 Å². The monoisotopic (exact) mass is 754 g/mol. The zero-order chi connectivity index (χ0) is 38.7. The SMILES string of the molecule is CCCCCC[C@H](OC(=O)c1ccc(OC(=O)c2ccc(-c3ccc(OCCCCCCCCCCCOCC4(C)COC4)cc3)cc2)cc1)C(F)(F)F. The number of carbonyl (C=O) groups is 2. The van der Waals surface area contributed by atoms with Gasteiger partial charge in [0.05, 0.1) is 37.6 Å². The molecule has 54 heavy (non-hydrogen) atoms. The third-order valence-electron chi connectivity index (χ3n) is 9.60. The molecule has 1 fully saturated rings. The number of rotatable bonds is 25. The average molecular weight is 755 g/mol. The summed E-state index contributed by atoms with van der Waals surface area (Å²) in [4.78, 5) is 25.2. The van der Waals surface area contributed by atoms with E-state index in [1.54, 1.807) is 12.1 Å². The van der Waals surface area contributed by atoms with Crippen molar-refractivity contribution < 1.29 is 46.4 Å². The topological polar surface area (TPSA) is 80.3 Å². The van der Waals surface area contributed by atoms with Gasteiger partial charge in [0.1, 0.15) is 11.5 Å². The van der Waals surface area contributed by atoms with Gasteiger partial charge in [0.2, 0.25) is 0 Å². The summed E-state index contributed by atoms with van der Waals surface area (Å²) in [6, 6.07) is 20.1. The summed E-state index contributed by atoms with van der Waals surface area (Å²) < 4.78 is 67.5. The molecule has 0 radical (unpaired) electrons. The van der Waals surface area contributed by atoms with Crippen molar-refractivity contribution in [2.45, 2.75) is 116 Å². The maximum atomic E-state index is 13.4. The van der Waals surface area contributed by atoms with Gasteiger partial charge >= 0.3 is 18.1 Å². The Morgan fingerprint density at radius 2 is 1.17 bits per heavy atom. The van der Waals surface area contributed by atoms with Crippen LogP contribution < -0.4 is 9.47 Å². The van der Waals surface area contributed by atoms with E-state index in [0.29, 0.717) is 25.0 Å². The number of unbranched alkanes of at least 4 members (excludes halogenated alkanes) is 11. The van der Waals surface area contributed by atoms with Crippen LogP contribution in [0.15, 0.2) is 72.8 Å². The van der Waals surface area contributed by atoms with Gasteiger partial charge in [-0.2, -0.15) is 13.2 Å². The molecule has 1 aliphatic heterocycles. The van der Waals surface area contributed by atoms with E-state index in [-0.39, 0.29) is 23.1 Å². The fourth-order valence-corrected chi connectivity index (χ4v) is 6.20. The quantitative estimate of drug-likeness (QED) is 0.0484. The Labute approximate surface area is 318 Å². The van der Waals surface area contributed by atoms with Crippen LogP contribution in [0.3, 0.4) is 0 Å². The molecular weight excluding hydrogens is 697 g/mol. The van der Waals surface area contributed by atoms with Crippen molar-refractivity contribution in [2.75, 3.05) is 33.0 Å². The lowest BCUT2D eigenvalue weighted by atomic mass is 9.90. The van der Waals surface area contributed by atoms with Gasteiger partial charge in [-0.05, 0) is 85.3 Å². The summed E-state index contributed by atoms with van der Waals surface area (Å²) in [5.74, 6) is -0.713. The first-order valence-corrected chi connectivity index (χ1v) is 19.6. The van der Waals surface area contributed by atoms with Gasteiger partial charge in [0.15, 0.2) is 6.10 Å². The van der Waals surface area contributed by atoms with Crippen LogP contribution in [0.2, 0.25) is 0 Å². The van der Waals surface area contributed by atoms with Crippen molar-refractivity contribution in [3.8, 4) is 22.6 Å². The zero-order valence-electron chi connectivity index (χ0n) is 31.9. The van der Waals surface area contributed by atoms with E-state index in [1.165, 1.54) is 62.8 Å². The number of ether oxygens (including phenoxy) is 5. The summed E-state index contributed by atoms with van der Waals surface area (Å²) in [6.45, 7) is 8.19. The van der Waals surface area contributed by atoms with Gasteiger partial charge in [-0.15, -0.1) is 0 Å². The van der Waals surface area contributed by atoms with Gasteiger partial charge < -0.3 is 23.7 Å². The lowest BCUT2D eigenvalue weighted by Gasteiger charge is -2.37. The van der Waals surface area contributed by atoms with Crippen LogP contribution in [0.25, 0.3) is 11.1 Å². The fraction of sp³-hybridized carbons (Fsp3) is 0.545. The second-order valence-electron chi connectivity index (χ2n) is 14.7. The van der Waals surface area contributed by atoms with Gasteiger partial charge in [0, 0.05) is 12.0 Å². The molecule has 0 amide bonds. The second kappa shape index (κ2) is 22.5. The van der Waals surface area contributed by atoms with Gasteiger partial charge in [0.25, 0.3) is 0 Å². The number of hydrogen-bond acceptors (Lipinski definition) is 7. The summed E-state index contributed by atoms with van der Waals surface area (Å²) in [5.41, 5.74) is 2.40. The number of esters is 2. The Morgan fingerprint density at radius 1 is 0.667 bits per heavy atom. The minimum Gasteiger partial charge on any atom is -0.494 e. The predicted molar refractivity (Wildman–Crippen MR) is 204 cm³/mol. The highest BCUT2D eigenvalue weighted by Gasteiger charge is 2.42. The number of benzene rings is 3. The highest BCUT2D eigenvalue weighted by molar-refractivity contribution is 5.92. The van der Waals surface area contributed by atoms with Gasteiger partial charge in [-0.3, -0.25) is 0 Å². The average Bonchev–Trinajstić information content (AvgIpc) is 3.15. The maximum Gasteiger partial charge on any atom is 0.425 e. The van der Waals surface area contributed by atoms with Crippen molar-refractivity contribution in [1.29, 1.82) is 0 Å². The van der Waals surface area contributed by atoms with E-state index in [2.05, 4.69) is 6.92 Å². The van der Waals surface area contributed by atoms with Crippen molar-refractivity contribution in [1.82, 2.24) is 0 Å². The number of hydrogen-bond donors (Lipinski definition) is 0. The van der Waals surface area contributed by atoms with Crippen molar-refractivity contribution in [3.05, 3.63) is 83.9 Å². The van der Waals surface area contributed by atoms with E-state index in [0.717, 1.165) is 75.4 Å². The third kappa shape index (κ3) is 15.1. The van der Waals surface area contributed by atoms with Crippen molar-refractivity contribution in [3.63, 3.8) is 0 Å². The molecule has 0 spiro atoms. The Morgan fingerprint density at radius 3 is 1.72 bits per heavy atom. The normalized spacial score (nSPS) is 14.2. The molecular formula is C44H57F3O7. The number of carbonyl (C=O) groups excluding carboxylic acids is 2. The number of halogens is 3. The van der Waals surface area contributed by atoms with Crippen LogP contribution >= 0.6 is 0 Å². The van der Waals surface area contributed by atoms with E-state index in [4.69, 9.17) is 23.7 Å². The van der Waals surface area contributed by atoms with Crippen molar-refractivity contribution in [2.24, 2.45) is 5.41 Å². The Kier molecular flexibility index (Phi) is 17.8. The molecule has 0 bridgehead atoms. The fourth-order valence-electron chi connectivity index (χ4n) is 6.20. The van der Waals surface area contributed by atoms with Gasteiger partial charge in [-0.25, -0.2) is 9.59 Å². The molecule has 1 atom stereocenters. The summed E-state index contributed by atoms with van der Waals surface area (Å²) in [6.07, 6.45) is 6.50. The molecule has 4 rings (SSSR count). The molecule has 0 aliphatic carbocycles. The minimum atomic E-state index is -4.65. The summed E-state index contributed by atoms with van der Waals surface area (Å²) in [7, 11) is 0. The third-order valence-corrected chi connectivity index (χ3v) is 9.60. The molecule has 3 aromatic rings. The first-order chi connectivity index (χ1) is 26.1. The maximum absolute atomic E-state index is 13.4. The van der Waals surface area contributed by atoms with E-state index >= 15 is 0 Å². The standard InChI is InChI=1S/C44H57F3O7/c1-3-4-5-13-16-40(44(45,46)47)54-42(49)37-23-27-39(28-24-37)53-41(48)36-19-17-34(18-20-36)35-21-25-38(26-22-35)52-30-15-12-10-8-6-7-9-11-14-29-50-31-43(2)32-51-33-43/h17-28,40H,3-16,29-33H2,1-2H3/t40-/m0/s1.